The summed E-state index contributed by atoms with van der Waals surface area (Å²) in [5, 5.41) is 3.50. The summed E-state index contributed by atoms with van der Waals surface area (Å²) in [7, 11) is 1.74. The molecule has 1 atom stereocenters. The lowest BCUT2D eigenvalue weighted by molar-refractivity contribution is 0.00987. The van der Waals surface area contributed by atoms with Crippen LogP contribution < -0.4 is 5.32 Å². The summed E-state index contributed by atoms with van der Waals surface area (Å²) in [5.74, 6) is 1.09. The Balaban J connectivity index is 1.79. The van der Waals surface area contributed by atoms with E-state index in [1.165, 1.54) is 25.8 Å². The molecular weight excluding hydrogens is 328 g/mol. The van der Waals surface area contributed by atoms with Crippen LogP contribution in [0, 0.1) is 0 Å². The molecule has 0 aromatic carbocycles. The number of hydrogen-bond acceptors (Lipinski definition) is 4. The average molecular weight is 369 g/mol. The Labute approximate surface area is 160 Å². The van der Waals surface area contributed by atoms with Crippen molar-refractivity contribution in [3.05, 3.63) is 0 Å². The van der Waals surface area contributed by atoms with Crippen LogP contribution in [0.5, 0.6) is 0 Å². The molecular formula is C20H40N4O2. The molecule has 1 unspecified atom stereocenters. The van der Waals surface area contributed by atoms with Gasteiger partial charge in [-0.1, -0.05) is 13.3 Å². The number of nitrogens with one attached hydrogen (secondary N) is 1. The molecule has 152 valence electrons. The molecule has 1 N–H and O–H groups in total. The summed E-state index contributed by atoms with van der Waals surface area (Å²) in [6.07, 6.45) is 7.51. The van der Waals surface area contributed by atoms with Crippen LogP contribution in [0.4, 0.5) is 0 Å². The second-order valence-electron chi connectivity index (χ2n) is 7.38. The van der Waals surface area contributed by atoms with Crippen LogP contribution in [-0.2, 0) is 9.47 Å². The number of likely N-dealkylation sites (tertiary alicyclic amines) is 2. The highest BCUT2D eigenvalue weighted by atomic mass is 16.5. The number of aliphatic imine (C=N–C) groups is 1. The zero-order valence-corrected chi connectivity index (χ0v) is 17.2. The summed E-state index contributed by atoms with van der Waals surface area (Å²) >= 11 is 0. The summed E-state index contributed by atoms with van der Waals surface area (Å²) in [6, 6.07) is 0.615. The van der Waals surface area contributed by atoms with E-state index in [0.717, 1.165) is 71.2 Å². The molecule has 2 aliphatic heterocycles. The molecule has 0 amide bonds. The highest BCUT2D eigenvalue weighted by Crippen LogP contribution is 2.18. The fraction of sp³-hybridized carbons (Fsp3) is 0.950. The van der Waals surface area contributed by atoms with Gasteiger partial charge in [0.2, 0.25) is 0 Å². The Hall–Kier alpha value is -0.850. The third-order valence-corrected chi connectivity index (χ3v) is 5.53. The maximum absolute atomic E-state index is 5.98. The van der Waals surface area contributed by atoms with Gasteiger partial charge in [0.25, 0.3) is 0 Å². The lowest BCUT2D eigenvalue weighted by atomic mass is 10.0. The highest BCUT2D eigenvalue weighted by molar-refractivity contribution is 5.80. The van der Waals surface area contributed by atoms with E-state index in [-0.39, 0.29) is 0 Å². The molecule has 2 aliphatic rings. The Morgan fingerprint density at radius 2 is 1.88 bits per heavy atom. The van der Waals surface area contributed by atoms with E-state index >= 15 is 0 Å². The molecule has 0 saturated carbocycles. The largest absolute Gasteiger partial charge is 0.385 e. The van der Waals surface area contributed by atoms with E-state index in [2.05, 4.69) is 29.0 Å². The van der Waals surface area contributed by atoms with Gasteiger partial charge in [0.15, 0.2) is 5.96 Å². The summed E-state index contributed by atoms with van der Waals surface area (Å²) in [5.41, 5.74) is 0. The number of guanidine groups is 1. The van der Waals surface area contributed by atoms with Crippen molar-refractivity contribution in [2.75, 3.05) is 59.6 Å². The fourth-order valence-corrected chi connectivity index (χ4v) is 3.99. The number of rotatable bonds is 9. The topological polar surface area (TPSA) is 49.3 Å². The zero-order chi connectivity index (χ0) is 18.6. The molecule has 0 aliphatic carbocycles. The predicted molar refractivity (Wildman–Crippen MR) is 108 cm³/mol. The number of hydrogen-bond donors (Lipinski definition) is 1. The number of methoxy groups -OCH3 is 1. The van der Waals surface area contributed by atoms with Crippen LogP contribution in [0.2, 0.25) is 0 Å². The van der Waals surface area contributed by atoms with Gasteiger partial charge in [0.05, 0.1) is 12.6 Å². The Kier molecular flexibility index (Phi) is 10.3. The van der Waals surface area contributed by atoms with Crippen molar-refractivity contribution in [1.29, 1.82) is 0 Å². The molecule has 0 radical (unpaired) electrons. The molecule has 26 heavy (non-hydrogen) atoms. The fourth-order valence-electron chi connectivity index (χ4n) is 3.99. The molecule has 0 bridgehead atoms. The van der Waals surface area contributed by atoms with Gasteiger partial charge in [-0.2, -0.15) is 0 Å². The van der Waals surface area contributed by atoms with Crippen LogP contribution >= 0.6 is 0 Å². The Bertz CT molecular complexity index is 397. The molecule has 6 nitrogen and oxygen atoms in total. The molecule has 0 aromatic heterocycles. The minimum atomic E-state index is 0.389. The van der Waals surface area contributed by atoms with E-state index in [4.69, 9.17) is 14.5 Å². The van der Waals surface area contributed by atoms with Gasteiger partial charge < -0.3 is 19.7 Å². The van der Waals surface area contributed by atoms with Crippen LogP contribution in [0.25, 0.3) is 0 Å². The summed E-state index contributed by atoms with van der Waals surface area (Å²) in [6.45, 7) is 12.3. The monoisotopic (exact) mass is 368 g/mol. The smallest absolute Gasteiger partial charge is 0.193 e. The van der Waals surface area contributed by atoms with Crippen molar-refractivity contribution >= 4 is 5.96 Å². The van der Waals surface area contributed by atoms with E-state index < -0.39 is 0 Å². The highest BCUT2D eigenvalue weighted by Gasteiger charge is 2.24. The normalized spacial score (nSPS) is 23.4. The molecule has 6 heteroatoms. The first-order chi connectivity index (χ1) is 12.8. The number of ether oxygens (including phenoxy) is 2. The van der Waals surface area contributed by atoms with Crippen molar-refractivity contribution in [3.63, 3.8) is 0 Å². The molecule has 2 rings (SSSR count). The van der Waals surface area contributed by atoms with Crippen LogP contribution in [-0.4, -0.2) is 87.5 Å². The number of piperidine rings is 2. The Morgan fingerprint density at radius 3 is 2.58 bits per heavy atom. The first kappa shape index (κ1) is 21.5. The van der Waals surface area contributed by atoms with Crippen molar-refractivity contribution in [2.24, 2.45) is 4.99 Å². The van der Waals surface area contributed by atoms with Crippen LogP contribution in [0.3, 0.4) is 0 Å². The third-order valence-electron chi connectivity index (χ3n) is 5.53. The van der Waals surface area contributed by atoms with Crippen molar-refractivity contribution in [1.82, 2.24) is 15.1 Å². The van der Waals surface area contributed by atoms with E-state index in [9.17, 15) is 0 Å². The van der Waals surface area contributed by atoms with E-state index in [0.29, 0.717) is 12.1 Å². The quantitative estimate of drug-likeness (QED) is 0.385. The minimum Gasteiger partial charge on any atom is -0.385 e. The van der Waals surface area contributed by atoms with E-state index in [1.807, 2.05) is 0 Å². The minimum absolute atomic E-state index is 0.389. The molecule has 2 fully saturated rings. The zero-order valence-electron chi connectivity index (χ0n) is 17.2. The molecule has 0 aromatic rings. The summed E-state index contributed by atoms with van der Waals surface area (Å²) in [4.78, 5) is 10.0. The lowest BCUT2D eigenvalue weighted by Gasteiger charge is -2.36. The molecule has 2 saturated heterocycles. The van der Waals surface area contributed by atoms with Crippen LogP contribution in [0.15, 0.2) is 4.99 Å². The van der Waals surface area contributed by atoms with Crippen molar-refractivity contribution < 1.29 is 9.47 Å². The van der Waals surface area contributed by atoms with Crippen molar-refractivity contribution in [3.8, 4) is 0 Å². The summed E-state index contributed by atoms with van der Waals surface area (Å²) < 4.78 is 11.1. The van der Waals surface area contributed by atoms with Gasteiger partial charge in [-0.15, -0.1) is 0 Å². The average Bonchev–Trinajstić information content (AvgIpc) is 2.69. The third kappa shape index (κ3) is 7.05. The predicted octanol–water partition coefficient (Wildman–Crippen LogP) is 2.34. The Morgan fingerprint density at radius 1 is 1.08 bits per heavy atom. The SMILES string of the molecule is CCNC(=NCC1CCCCN1CC)N1CCC(OCCCOC)CC1. The molecule has 0 spiro atoms. The number of nitrogens with zero attached hydrogens (tertiary/aromatic N) is 3. The number of likely N-dealkylation sites (N-methyl/N-ethyl adjacent to an activating group) is 1. The van der Waals surface area contributed by atoms with Gasteiger partial charge in [-0.3, -0.25) is 9.89 Å². The standard InChI is InChI=1S/C20H40N4O2/c1-4-21-20(22-17-18-9-6-7-12-23(18)5-2)24-13-10-19(11-14-24)26-16-8-15-25-3/h18-19H,4-17H2,1-3H3,(H,21,22). The second kappa shape index (κ2) is 12.5. The van der Waals surface area contributed by atoms with Gasteiger partial charge in [-0.05, 0) is 52.1 Å². The van der Waals surface area contributed by atoms with Gasteiger partial charge >= 0.3 is 0 Å². The van der Waals surface area contributed by atoms with Gasteiger partial charge in [0, 0.05) is 46.0 Å². The maximum Gasteiger partial charge on any atom is 0.193 e. The second-order valence-corrected chi connectivity index (χ2v) is 7.38. The van der Waals surface area contributed by atoms with Crippen LogP contribution in [0.1, 0.15) is 52.4 Å². The first-order valence-corrected chi connectivity index (χ1v) is 10.7. The molecule has 2 heterocycles. The maximum atomic E-state index is 5.98. The van der Waals surface area contributed by atoms with Gasteiger partial charge in [0.1, 0.15) is 0 Å². The first-order valence-electron chi connectivity index (χ1n) is 10.7. The van der Waals surface area contributed by atoms with E-state index in [1.54, 1.807) is 7.11 Å². The van der Waals surface area contributed by atoms with Crippen molar-refractivity contribution in [2.45, 2.75) is 64.5 Å². The lowest BCUT2D eigenvalue weighted by Crippen LogP contribution is -2.48. The van der Waals surface area contributed by atoms with Gasteiger partial charge in [-0.25, -0.2) is 0 Å².